The average Bonchev–Trinajstić information content (AvgIpc) is 3.31. The van der Waals surface area contributed by atoms with Crippen molar-refractivity contribution < 1.29 is 38.6 Å². The minimum Gasteiger partial charge on any atom is -0.390 e. The summed E-state index contributed by atoms with van der Waals surface area (Å²) in [4.78, 5) is 60.7. The minimum atomic E-state index is -1.60. The molecule has 7 atom stereocenters. The predicted octanol–water partition coefficient (Wildman–Crippen LogP) is 2.57. The molecule has 0 saturated heterocycles. The highest BCUT2D eigenvalue weighted by molar-refractivity contribution is 6.01. The molecule has 1 aromatic carbocycles. The number of allylic oxidation sites excluding steroid dienone is 4. The lowest BCUT2D eigenvalue weighted by Gasteiger charge is -2.61. The van der Waals surface area contributed by atoms with E-state index in [2.05, 4.69) is 33.1 Å². The molecule has 4 aliphatic carbocycles. The molecule has 0 spiro atoms. The lowest BCUT2D eigenvalue weighted by molar-refractivity contribution is -0.150. The van der Waals surface area contributed by atoms with Crippen LogP contribution >= 0.6 is 0 Å². The van der Waals surface area contributed by atoms with Crippen LogP contribution < -0.4 is 21.4 Å². The Hall–Kier alpha value is -4.49. The van der Waals surface area contributed by atoms with Crippen molar-refractivity contribution in [2.45, 2.75) is 77.6 Å². The molecule has 12 nitrogen and oxygen atoms in total. The van der Waals surface area contributed by atoms with Crippen molar-refractivity contribution in [1.29, 1.82) is 0 Å². The number of aliphatic hydroxyl groups excluding tert-OH is 1. The molecule has 13 heteroatoms. The van der Waals surface area contributed by atoms with Crippen LogP contribution in [0.2, 0.25) is 0 Å². The third kappa shape index (κ3) is 6.69. The zero-order valence-corrected chi connectivity index (χ0v) is 29.6. The van der Waals surface area contributed by atoms with Crippen molar-refractivity contribution in [3.8, 4) is 0 Å². The number of carbonyl (C=O) groups excluding carboxylic acids is 5. The lowest BCUT2D eigenvalue weighted by atomic mass is 9.45. The molecular formula is C38H48FN5O7. The number of amides is 4. The van der Waals surface area contributed by atoms with Crippen LogP contribution in [0.15, 0.2) is 65.3 Å². The van der Waals surface area contributed by atoms with Gasteiger partial charge >= 0.3 is 0 Å². The SMILES string of the molecule is C=C(C)C(=O)NCC(=O)NCC(=O)NCc1ccc(C(=O)N/N=C(/CO)[C@@]2(O)[C@H](C)C[C@H]3C4CCC5=CC(=O)C=C[C@]5(C)[C@@]4(F)CC[C@@]32C)cc1. The molecule has 0 aromatic heterocycles. The van der Waals surface area contributed by atoms with Gasteiger partial charge in [0.15, 0.2) is 5.78 Å². The van der Waals surface area contributed by atoms with Crippen LogP contribution in [-0.4, -0.2) is 76.3 Å². The number of carbonyl (C=O) groups is 5. The Kier molecular flexibility index (Phi) is 10.6. The molecule has 51 heavy (non-hydrogen) atoms. The van der Waals surface area contributed by atoms with Gasteiger partial charge in [-0.25, -0.2) is 9.82 Å². The fourth-order valence-electron chi connectivity index (χ4n) is 9.06. The third-order valence-corrected chi connectivity index (χ3v) is 12.1. The summed E-state index contributed by atoms with van der Waals surface area (Å²) in [6.45, 7) is 9.64. The smallest absolute Gasteiger partial charge is 0.271 e. The maximum absolute atomic E-state index is 17.4. The minimum absolute atomic E-state index is 0.0232. The number of benzene rings is 1. The number of hydrazone groups is 1. The van der Waals surface area contributed by atoms with E-state index in [1.165, 1.54) is 13.0 Å². The Bertz CT molecular complexity index is 1720. The van der Waals surface area contributed by atoms with Crippen molar-refractivity contribution in [2.24, 2.45) is 33.7 Å². The Labute approximate surface area is 297 Å². The molecule has 1 unspecified atom stereocenters. The fraction of sp³-hybridized carbons (Fsp3) is 0.526. The first-order valence-corrected chi connectivity index (χ1v) is 17.4. The largest absolute Gasteiger partial charge is 0.390 e. The summed E-state index contributed by atoms with van der Waals surface area (Å²) in [5, 5.41) is 34.6. The Morgan fingerprint density at radius 2 is 1.69 bits per heavy atom. The van der Waals surface area contributed by atoms with E-state index in [0.29, 0.717) is 31.2 Å². The summed E-state index contributed by atoms with van der Waals surface area (Å²) in [6, 6.07) is 6.37. The zero-order valence-electron chi connectivity index (χ0n) is 29.6. The summed E-state index contributed by atoms with van der Waals surface area (Å²) in [6.07, 6.45) is 6.94. The highest BCUT2D eigenvalue weighted by atomic mass is 19.1. The molecule has 0 aliphatic heterocycles. The summed E-state index contributed by atoms with van der Waals surface area (Å²) < 4.78 is 17.4. The van der Waals surface area contributed by atoms with Gasteiger partial charge in [0.1, 0.15) is 11.3 Å². The van der Waals surface area contributed by atoms with Crippen molar-refractivity contribution >= 4 is 35.1 Å². The van der Waals surface area contributed by atoms with Gasteiger partial charge in [-0.05, 0) is 93.6 Å². The van der Waals surface area contributed by atoms with Crippen molar-refractivity contribution in [2.75, 3.05) is 19.7 Å². The lowest BCUT2D eigenvalue weighted by Crippen LogP contribution is -2.64. The molecule has 0 bridgehead atoms. The number of ketones is 1. The standard InChI is InChI=1S/C38H48FN5O7/c1-22(2)33(49)42-20-32(48)41-19-31(47)40-18-24-6-8-25(9-7-24)34(50)44-43-30(21-45)38(51)23(3)16-29-28-11-10-26-17-27(46)12-13-35(26,4)37(28,39)15-14-36(29,38)5/h6-9,12-13,17,23,28-29,45,51H,1,10-11,14-16,18-21H2,2-5H3,(H,40,47)(H,41,48)(H,42,49)(H,44,50)/b43-30-/t23-,28?,29+,35+,36+,37-,38+/m1/s1. The summed E-state index contributed by atoms with van der Waals surface area (Å²) in [7, 11) is 0. The zero-order chi connectivity index (χ0) is 37.4. The second-order valence-electron chi connectivity index (χ2n) is 14.9. The molecular weight excluding hydrogens is 657 g/mol. The molecule has 3 fully saturated rings. The number of rotatable bonds is 11. The number of alkyl halides is 1. The van der Waals surface area contributed by atoms with Gasteiger partial charge in [-0.2, -0.15) is 5.10 Å². The van der Waals surface area contributed by atoms with E-state index in [-0.39, 0.29) is 66.4 Å². The van der Waals surface area contributed by atoms with Crippen molar-refractivity contribution in [1.82, 2.24) is 21.4 Å². The van der Waals surface area contributed by atoms with Crippen LogP contribution in [0, 0.1) is 28.6 Å². The molecule has 1 aromatic rings. The molecule has 0 radical (unpaired) electrons. The number of halogens is 1. The van der Waals surface area contributed by atoms with E-state index in [0.717, 1.165) is 5.57 Å². The molecule has 274 valence electrons. The van der Waals surface area contributed by atoms with Gasteiger partial charge < -0.3 is 26.2 Å². The van der Waals surface area contributed by atoms with Crippen LogP contribution in [0.5, 0.6) is 0 Å². The van der Waals surface area contributed by atoms with Crippen LogP contribution in [0.25, 0.3) is 0 Å². The number of hydrogen-bond acceptors (Lipinski definition) is 8. The third-order valence-electron chi connectivity index (χ3n) is 12.1. The first-order chi connectivity index (χ1) is 24.0. The topological polar surface area (TPSA) is 186 Å². The number of fused-ring (bicyclic) bond motifs is 5. The van der Waals surface area contributed by atoms with Gasteiger partial charge in [0.2, 0.25) is 17.7 Å². The molecule has 0 heterocycles. The highest BCUT2D eigenvalue weighted by Gasteiger charge is 2.72. The van der Waals surface area contributed by atoms with Crippen LogP contribution in [0.3, 0.4) is 0 Å². The number of nitrogens with zero attached hydrogens (tertiary/aromatic N) is 1. The maximum Gasteiger partial charge on any atom is 0.271 e. The van der Waals surface area contributed by atoms with E-state index in [1.807, 2.05) is 20.8 Å². The van der Waals surface area contributed by atoms with Gasteiger partial charge in [-0.3, -0.25) is 24.0 Å². The summed E-state index contributed by atoms with van der Waals surface area (Å²) >= 11 is 0. The molecule has 6 N–H and O–H groups in total. The Morgan fingerprint density at radius 1 is 1.02 bits per heavy atom. The Balaban J connectivity index is 1.20. The van der Waals surface area contributed by atoms with Crippen LogP contribution in [0.4, 0.5) is 4.39 Å². The van der Waals surface area contributed by atoms with Gasteiger partial charge in [0, 0.05) is 28.5 Å². The van der Waals surface area contributed by atoms with Crippen LogP contribution in [-0.2, 0) is 25.7 Å². The Morgan fingerprint density at radius 3 is 2.35 bits per heavy atom. The first kappa shape index (κ1) is 37.8. The summed E-state index contributed by atoms with van der Waals surface area (Å²) in [5.41, 5.74) is -0.390. The molecule has 4 amide bonds. The monoisotopic (exact) mass is 705 g/mol. The van der Waals surface area contributed by atoms with E-state index in [4.69, 9.17) is 0 Å². The average molecular weight is 706 g/mol. The maximum atomic E-state index is 17.4. The summed E-state index contributed by atoms with van der Waals surface area (Å²) in [5.74, 6) is -3.10. The van der Waals surface area contributed by atoms with E-state index in [9.17, 15) is 34.2 Å². The normalized spacial score (nSPS) is 32.5. The number of aliphatic hydroxyl groups is 2. The van der Waals surface area contributed by atoms with Crippen molar-refractivity contribution in [3.63, 3.8) is 0 Å². The van der Waals surface area contributed by atoms with Gasteiger partial charge in [-0.1, -0.05) is 44.2 Å². The molecule has 3 saturated carbocycles. The van der Waals surface area contributed by atoms with Crippen LogP contribution in [0.1, 0.15) is 75.7 Å². The molecule has 4 aliphatic rings. The fourth-order valence-corrected chi connectivity index (χ4v) is 9.06. The van der Waals surface area contributed by atoms with E-state index >= 15 is 4.39 Å². The van der Waals surface area contributed by atoms with Gasteiger partial charge in [0.05, 0.1) is 25.4 Å². The molecule has 5 rings (SSSR count). The second-order valence-corrected chi connectivity index (χ2v) is 14.9. The van der Waals surface area contributed by atoms with Gasteiger partial charge in [0.25, 0.3) is 5.91 Å². The number of nitrogens with one attached hydrogen (secondary N) is 4. The van der Waals surface area contributed by atoms with E-state index < -0.39 is 52.3 Å². The number of hydrogen-bond donors (Lipinski definition) is 6. The highest BCUT2D eigenvalue weighted by Crippen LogP contribution is 2.70. The quantitative estimate of drug-likeness (QED) is 0.116. The van der Waals surface area contributed by atoms with E-state index in [1.54, 1.807) is 36.4 Å². The predicted molar refractivity (Wildman–Crippen MR) is 188 cm³/mol. The second kappa shape index (κ2) is 14.3. The van der Waals surface area contributed by atoms with Gasteiger partial charge in [-0.15, -0.1) is 0 Å². The van der Waals surface area contributed by atoms with Crippen molar-refractivity contribution in [3.05, 3.63) is 71.3 Å². The first-order valence-electron chi connectivity index (χ1n) is 17.4.